The van der Waals surface area contributed by atoms with Gasteiger partial charge < -0.3 is 15.7 Å². The molecule has 1 aromatic carbocycles. The van der Waals surface area contributed by atoms with Crippen molar-refractivity contribution in [3.8, 4) is 0 Å². The van der Waals surface area contributed by atoms with Gasteiger partial charge in [0.15, 0.2) is 0 Å². The predicted octanol–water partition coefficient (Wildman–Crippen LogP) is 0.332. The molecule has 0 radical (unpaired) electrons. The summed E-state index contributed by atoms with van der Waals surface area (Å²) in [5, 5.41) is 15.9. The topological polar surface area (TPSA) is 69.0 Å². The maximum Gasteiger partial charge on any atom is 0.128 e. The van der Waals surface area contributed by atoms with Gasteiger partial charge in [-0.2, -0.15) is 0 Å². The summed E-state index contributed by atoms with van der Waals surface area (Å²) in [4.78, 5) is 8.83. The van der Waals surface area contributed by atoms with Crippen LogP contribution in [0, 0.1) is 0 Å². The number of hydrogen-bond donors (Lipinski definition) is 3. The third-order valence-electron chi connectivity index (χ3n) is 3.53. The molecule has 0 amide bonds. The minimum absolute atomic E-state index is 0.350. The van der Waals surface area contributed by atoms with E-state index in [0.717, 1.165) is 43.2 Å². The van der Waals surface area contributed by atoms with Crippen LogP contribution >= 0.6 is 0 Å². The fourth-order valence-corrected chi connectivity index (χ4v) is 2.39. The van der Waals surface area contributed by atoms with Gasteiger partial charge in [-0.3, -0.25) is 9.98 Å². The Hall–Kier alpha value is -1.88. The van der Waals surface area contributed by atoms with Crippen molar-refractivity contribution in [3.63, 3.8) is 0 Å². The monoisotopic (exact) mass is 272 g/mol. The molecule has 1 atom stereocenters. The van der Waals surface area contributed by atoms with Crippen molar-refractivity contribution in [1.82, 2.24) is 10.6 Å². The van der Waals surface area contributed by atoms with Crippen LogP contribution in [0.2, 0.25) is 0 Å². The minimum atomic E-state index is -0.350. The quantitative estimate of drug-likeness (QED) is 0.743. The second kappa shape index (κ2) is 6.05. The largest absolute Gasteiger partial charge is 0.389 e. The third-order valence-corrected chi connectivity index (χ3v) is 3.53. The van der Waals surface area contributed by atoms with Gasteiger partial charge in [-0.05, 0) is 12.0 Å². The van der Waals surface area contributed by atoms with E-state index in [1.165, 1.54) is 5.56 Å². The lowest BCUT2D eigenvalue weighted by molar-refractivity contribution is 0.181. The predicted molar refractivity (Wildman–Crippen MR) is 80.5 cm³/mol. The molecular weight excluding hydrogens is 252 g/mol. The summed E-state index contributed by atoms with van der Waals surface area (Å²) in [6.07, 6.45) is 1.54. The zero-order valence-corrected chi connectivity index (χ0v) is 11.5. The summed E-state index contributed by atoms with van der Waals surface area (Å²) in [5.74, 6) is 1.95. The molecule has 0 spiro atoms. The smallest absolute Gasteiger partial charge is 0.128 e. The van der Waals surface area contributed by atoms with Gasteiger partial charge in [0.1, 0.15) is 11.7 Å². The zero-order chi connectivity index (χ0) is 13.8. The highest BCUT2D eigenvalue weighted by Gasteiger charge is 2.12. The van der Waals surface area contributed by atoms with Gasteiger partial charge in [-0.1, -0.05) is 24.3 Å². The first-order valence-electron chi connectivity index (χ1n) is 7.14. The summed E-state index contributed by atoms with van der Waals surface area (Å²) >= 11 is 0. The average molecular weight is 272 g/mol. The second-order valence-electron chi connectivity index (χ2n) is 5.21. The van der Waals surface area contributed by atoms with Crippen LogP contribution in [0.15, 0.2) is 34.3 Å². The van der Waals surface area contributed by atoms with Crippen molar-refractivity contribution in [1.29, 1.82) is 0 Å². The molecule has 1 aromatic rings. The van der Waals surface area contributed by atoms with Gasteiger partial charge in [-0.15, -0.1) is 0 Å². The lowest BCUT2D eigenvalue weighted by atomic mass is 10.1. The minimum Gasteiger partial charge on any atom is -0.389 e. The van der Waals surface area contributed by atoms with Crippen molar-refractivity contribution < 1.29 is 5.11 Å². The Kier molecular flexibility index (Phi) is 3.97. The molecular formula is C15H20N4O. The highest BCUT2D eigenvalue weighted by atomic mass is 16.3. The number of nitrogens with one attached hydrogen (secondary N) is 2. The normalized spacial score (nSPS) is 22.4. The molecule has 0 bridgehead atoms. The number of rotatable bonds is 3. The Labute approximate surface area is 118 Å². The average Bonchev–Trinajstić information content (AvgIpc) is 2.51. The molecule has 0 fully saturated rings. The van der Waals surface area contributed by atoms with Gasteiger partial charge >= 0.3 is 0 Å². The number of benzene rings is 1. The molecule has 106 valence electrons. The van der Waals surface area contributed by atoms with Crippen LogP contribution in [-0.2, 0) is 6.42 Å². The van der Waals surface area contributed by atoms with Crippen LogP contribution in [0.25, 0.3) is 0 Å². The van der Waals surface area contributed by atoms with Crippen LogP contribution in [0.5, 0.6) is 0 Å². The Morgan fingerprint density at radius 3 is 2.65 bits per heavy atom. The van der Waals surface area contributed by atoms with E-state index in [-0.39, 0.29) is 6.10 Å². The van der Waals surface area contributed by atoms with E-state index >= 15 is 0 Å². The number of aliphatic hydroxyl groups excluding tert-OH is 1. The first-order valence-corrected chi connectivity index (χ1v) is 7.14. The van der Waals surface area contributed by atoms with Gasteiger partial charge in [0.25, 0.3) is 0 Å². The molecule has 3 N–H and O–H groups in total. The molecule has 0 saturated heterocycles. The van der Waals surface area contributed by atoms with E-state index in [2.05, 4.69) is 44.9 Å². The fraction of sp³-hybridized carbons (Fsp3) is 0.467. The Morgan fingerprint density at radius 2 is 2.00 bits per heavy atom. The van der Waals surface area contributed by atoms with E-state index in [0.29, 0.717) is 13.1 Å². The van der Waals surface area contributed by atoms with Crippen molar-refractivity contribution in [2.75, 3.05) is 26.2 Å². The molecule has 2 heterocycles. The second-order valence-corrected chi connectivity index (χ2v) is 5.21. The summed E-state index contributed by atoms with van der Waals surface area (Å²) < 4.78 is 0. The first-order chi connectivity index (χ1) is 9.81. The van der Waals surface area contributed by atoms with Crippen molar-refractivity contribution in [2.45, 2.75) is 18.9 Å². The fourth-order valence-electron chi connectivity index (χ4n) is 2.39. The molecule has 1 unspecified atom stereocenters. The summed E-state index contributed by atoms with van der Waals surface area (Å²) in [5.41, 5.74) is 2.36. The maximum atomic E-state index is 9.38. The molecule has 0 aromatic heterocycles. The molecule has 3 rings (SSSR count). The number of nitrogens with zero attached hydrogens (tertiary/aromatic N) is 2. The van der Waals surface area contributed by atoms with E-state index in [1.807, 2.05) is 0 Å². The van der Waals surface area contributed by atoms with Crippen LogP contribution in [0.1, 0.15) is 17.5 Å². The van der Waals surface area contributed by atoms with E-state index < -0.39 is 0 Å². The van der Waals surface area contributed by atoms with Crippen molar-refractivity contribution in [2.24, 2.45) is 9.98 Å². The number of aliphatic hydroxyl groups is 1. The van der Waals surface area contributed by atoms with Crippen molar-refractivity contribution in [3.05, 3.63) is 35.4 Å². The summed E-state index contributed by atoms with van der Waals surface area (Å²) in [7, 11) is 0. The standard InChI is InChI=1S/C15H20N4O/c20-13-9-18-14(19-10-13)8-11-2-4-12(5-3-11)15-16-6-1-7-17-15/h2-5,13,20H,1,6-10H2,(H,16,17)(H,18,19). The van der Waals surface area contributed by atoms with Crippen LogP contribution in [0.4, 0.5) is 0 Å². The first kappa shape index (κ1) is 13.1. The van der Waals surface area contributed by atoms with Crippen molar-refractivity contribution >= 4 is 11.7 Å². The van der Waals surface area contributed by atoms with Gasteiger partial charge in [-0.25, -0.2) is 0 Å². The summed E-state index contributed by atoms with van der Waals surface area (Å²) in [6, 6.07) is 8.43. The number of hydrogen-bond acceptors (Lipinski definition) is 5. The van der Waals surface area contributed by atoms with E-state index in [1.54, 1.807) is 0 Å². The molecule has 0 saturated carbocycles. The van der Waals surface area contributed by atoms with E-state index in [9.17, 15) is 5.11 Å². The lowest BCUT2D eigenvalue weighted by Gasteiger charge is -2.19. The number of aliphatic imine (C=N–C) groups is 2. The van der Waals surface area contributed by atoms with Crippen LogP contribution < -0.4 is 10.6 Å². The molecule has 20 heavy (non-hydrogen) atoms. The van der Waals surface area contributed by atoms with Gasteiger partial charge in [0.05, 0.1) is 12.6 Å². The SMILES string of the molecule is OC1CN=C(Cc2ccc(C3=NCCCN3)cc2)NC1. The maximum absolute atomic E-state index is 9.38. The van der Waals surface area contributed by atoms with Gasteiger partial charge in [0.2, 0.25) is 0 Å². The zero-order valence-electron chi connectivity index (χ0n) is 11.5. The lowest BCUT2D eigenvalue weighted by Crippen LogP contribution is -2.39. The third kappa shape index (κ3) is 3.17. The van der Waals surface area contributed by atoms with Crippen LogP contribution in [-0.4, -0.2) is 49.1 Å². The van der Waals surface area contributed by atoms with Gasteiger partial charge in [0, 0.05) is 31.6 Å². The highest BCUT2D eigenvalue weighted by Crippen LogP contribution is 2.08. The van der Waals surface area contributed by atoms with Crippen LogP contribution in [0.3, 0.4) is 0 Å². The van der Waals surface area contributed by atoms with E-state index in [4.69, 9.17) is 0 Å². The molecule has 0 aliphatic carbocycles. The number of β-amino-alcohol motifs (C(OH)–C–C–N with tert-alkyl or cyclic N) is 1. The molecule has 2 aliphatic heterocycles. The number of amidine groups is 2. The molecule has 5 nitrogen and oxygen atoms in total. The molecule has 2 aliphatic rings. The Morgan fingerprint density at radius 1 is 1.15 bits per heavy atom. The summed E-state index contributed by atoms with van der Waals surface area (Å²) in [6.45, 7) is 3.01. The highest BCUT2D eigenvalue weighted by molar-refractivity contribution is 5.99. The Bertz CT molecular complexity index is 521. The molecule has 5 heteroatoms. The Balaban J connectivity index is 1.65.